The molecule has 0 aliphatic rings. The second-order valence-corrected chi connectivity index (χ2v) is 5.59. The van der Waals surface area contributed by atoms with Gasteiger partial charge in [0.05, 0.1) is 19.2 Å². The SMILES string of the molecule is COOSc1cccc(-c2ccc(C(=O)/C=C(\O)C(F)(F)F)cc2)c1. The molecule has 0 atom stereocenters. The van der Waals surface area contributed by atoms with E-state index in [9.17, 15) is 18.0 Å². The highest BCUT2D eigenvalue weighted by molar-refractivity contribution is 7.94. The molecule has 0 bridgehead atoms. The van der Waals surface area contributed by atoms with E-state index < -0.39 is 17.7 Å². The fraction of sp³-hybridized carbons (Fsp3) is 0.118. The van der Waals surface area contributed by atoms with Crippen LogP contribution in [-0.2, 0) is 9.22 Å². The van der Waals surface area contributed by atoms with E-state index in [1.807, 2.05) is 18.2 Å². The Bertz CT molecular complexity index is 770. The highest BCUT2D eigenvalue weighted by Crippen LogP contribution is 2.27. The Morgan fingerprint density at radius 2 is 1.80 bits per heavy atom. The average Bonchev–Trinajstić information content (AvgIpc) is 2.59. The van der Waals surface area contributed by atoms with E-state index in [1.54, 1.807) is 18.2 Å². The zero-order valence-electron chi connectivity index (χ0n) is 12.9. The van der Waals surface area contributed by atoms with Crippen molar-refractivity contribution in [2.75, 3.05) is 7.11 Å². The molecule has 8 heteroatoms. The smallest absolute Gasteiger partial charge is 0.448 e. The van der Waals surface area contributed by atoms with Crippen LogP contribution >= 0.6 is 12.0 Å². The maximum atomic E-state index is 12.2. The van der Waals surface area contributed by atoms with Crippen molar-refractivity contribution < 1.29 is 32.3 Å². The molecule has 4 nitrogen and oxygen atoms in total. The van der Waals surface area contributed by atoms with Crippen molar-refractivity contribution in [2.45, 2.75) is 11.1 Å². The Morgan fingerprint density at radius 1 is 1.12 bits per heavy atom. The van der Waals surface area contributed by atoms with Crippen LogP contribution in [0.15, 0.2) is 65.3 Å². The number of carbonyl (C=O) groups is 1. The van der Waals surface area contributed by atoms with Gasteiger partial charge in [0.1, 0.15) is 0 Å². The monoisotopic (exact) mass is 370 g/mol. The molecule has 0 aliphatic heterocycles. The quantitative estimate of drug-likeness (QED) is 0.191. The molecule has 25 heavy (non-hydrogen) atoms. The maximum Gasteiger partial charge on any atom is 0.448 e. The maximum absolute atomic E-state index is 12.2. The van der Waals surface area contributed by atoms with Gasteiger partial charge in [-0.2, -0.15) is 17.5 Å². The van der Waals surface area contributed by atoms with Gasteiger partial charge in [0.15, 0.2) is 5.78 Å². The summed E-state index contributed by atoms with van der Waals surface area (Å²) < 4.78 is 41.5. The summed E-state index contributed by atoms with van der Waals surface area (Å²) in [5.41, 5.74) is 1.63. The molecule has 132 valence electrons. The van der Waals surface area contributed by atoms with E-state index in [4.69, 9.17) is 9.44 Å². The summed E-state index contributed by atoms with van der Waals surface area (Å²) >= 11 is 1.03. The van der Waals surface area contributed by atoms with E-state index in [2.05, 4.69) is 4.89 Å². The molecule has 1 N–H and O–H groups in total. The third-order valence-corrected chi connectivity index (χ3v) is 3.74. The van der Waals surface area contributed by atoms with E-state index in [0.29, 0.717) is 0 Å². The molecular formula is C17H13F3O4S. The van der Waals surface area contributed by atoms with Crippen LogP contribution < -0.4 is 0 Å². The summed E-state index contributed by atoms with van der Waals surface area (Å²) in [5, 5.41) is 8.84. The molecule has 0 saturated heterocycles. The number of alkyl halides is 3. The van der Waals surface area contributed by atoms with Gasteiger partial charge < -0.3 is 5.11 Å². The number of aliphatic hydroxyl groups is 1. The van der Waals surface area contributed by atoms with Crippen molar-refractivity contribution in [3.8, 4) is 11.1 Å². The van der Waals surface area contributed by atoms with Crippen LogP contribution in [-0.4, -0.2) is 24.2 Å². The van der Waals surface area contributed by atoms with Gasteiger partial charge in [0.25, 0.3) is 0 Å². The van der Waals surface area contributed by atoms with Crippen LogP contribution in [0.5, 0.6) is 0 Å². The first-order valence-corrected chi connectivity index (χ1v) is 7.65. The van der Waals surface area contributed by atoms with Crippen molar-refractivity contribution in [1.82, 2.24) is 0 Å². The predicted molar refractivity (Wildman–Crippen MR) is 86.9 cm³/mol. The van der Waals surface area contributed by atoms with Crippen LogP contribution in [0.3, 0.4) is 0 Å². The Balaban J connectivity index is 2.19. The lowest BCUT2D eigenvalue weighted by molar-refractivity contribution is -0.160. The third-order valence-electron chi connectivity index (χ3n) is 3.09. The highest BCUT2D eigenvalue weighted by atomic mass is 32.2. The predicted octanol–water partition coefficient (Wildman–Crippen LogP) is 5.13. The number of allylic oxidation sites excluding steroid dienone is 2. The fourth-order valence-corrected chi connectivity index (χ4v) is 2.37. The van der Waals surface area contributed by atoms with E-state index in [0.717, 1.165) is 28.1 Å². The summed E-state index contributed by atoms with van der Waals surface area (Å²) in [4.78, 5) is 17.0. The first-order valence-electron chi connectivity index (χ1n) is 6.91. The fourth-order valence-electron chi connectivity index (χ4n) is 1.92. The Morgan fingerprint density at radius 3 is 2.40 bits per heavy atom. The van der Waals surface area contributed by atoms with Gasteiger partial charge in [-0.15, -0.1) is 0 Å². The molecule has 0 aliphatic carbocycles. The zero-order chi connectivity index (χ0) is 18.4. The number of ketones is 1. The zero-order valence-corrected chi connectivity index (χ0v) is 13.7. The van der Waals surface area contributed by atoms with Crippen molar-refractivity contribution in [3.63, 3.8) is 0 Å². The Kier molecular flexibility index (Phi) is 6.24. The van der Waals surface area contributed by atoms with Gasteiger partial charge in [-0.1, -0.05) is 36.4 Å². The summed E-state index contributed by atoms with van der Waals surface area (Å²) in [5.74, 6) is -2.86. The number of benzene rings is 2. The average molecular weight is 370 g/mol. The van der Waals surface area contributed by atoms with Crippen molar-refractivity contribution in [3.05, 3.63) is 65.9 Å². The summed E-state index contributed by atoms with van der Waals surface area (Å²) in [6, 6.07) is 13.3. The molecule has 0 fully saturated rings. The molecule has 0 unspecified atom stereocenters. The highest BCUT2D eigenvalue weighted by Gasteiger charge is 2.34. The second-order valence-electron chi connectivity index (χ2n) is 4.81. The van der Waals surface area contributed by atoms with Crippen LogP contribution in [0.25, 0.3) is 11.1 Å². The topological polar surface area (TPSA) is 55.8 Å². The van der Waals surface area contributed by atoms with E-state index in [-0.39, 0.29) is 11.6 Å². The molecule has 2 rings (SSSR count). The van der Waals surface area contributed by atoms with E-state index in [1.165, 1.54) is 19.2 Å². The number of rotatable bonds is 6. The number of hydrogen-bond donors (Lipinski definition) is 1. The summed E-state index contributed by atoms with van der Waals surface area (Å²) in [7, 11) is 1.39. The van der Waals surface area contributed by atoms with Crippen molar-refractivity contribution in [2.24, 2.45) is 0 Å². The summed E-state index contributed by atoms with van der Waals surface area (Å²) in [6.45, 7) is 0. The molecule has 0 heterocycles. The van der Waals surface area contributed by atoms with Crippen molar-refractivity contribution in [1.29, 1.82) is 0 Å². The number of aliphatic hydroxyl groups excluding tert-OH is 1. The molecule has 0 saturated carbocycles. The molecule has 0 amide bonds. The van der Waals surface area contributed by atoms with Crippen molar-refractivity contribution >= 4 is 17.8 Å². The lowest BCUT2D eigenvalue weighted by atomic mass is 10.0. The molecule has 0 spiro atoms. The van der Waals surface area contributed by atoms with Gasteiger partial charge in [0, 0.05) is 16.5 Å². The van der Waals surface area contributed by atoms with Gasteiger partial charge >= 0.3 is 6.18 Å². The van der Waals surface area contributed by atoms with Gasteiger partial charge in [0.2, 0.25) is 5.76 Å². The van der Waals surface area contributed by atoms with Crippen LogP contribution in [0.4, 0.5) is 13.2 Å². The standard InChI is InChI=1S/C17H13F3O4S/c1-23-24-25-14-4-2-3-13(9-14)11-5-7-12(8-6-11)15(21)10-16(22)17(18,19)20/h2-10,22H,1H3/b16-10-. The van der Waals surface area contributed by atoms with Gasteiger partial charge in [-0.05, 0) is 23.3 Å². The largest absolute Gasteiger partial charge is 0.504 e. The third kappa shape index (κ3) is 5.35. The molecular weight excluding hydrogens is 357 g/mol. The van der Waals surface area contributed by atoms with Gasteiger partial charge in [-0.3, -0.25) is 4.79 Å². The minimum Gasteiger partial charge on any atom is -0.504 e. The first kappa shape index (κ1) is 19.0. The van der Waals surface area contributed by atoms with Crippen LogP contribution in [0.1, 0.15) is 10.4 Å². The van der Waals surface area contributed by atoms with Crippen LogP contribution in [0.2, 0.25) is 0 Å². The number of hydrogen-bond acceptors (Lipinski definition) is 5. The lowest BCUT2D eigenvalue weighted by Crippen LogP contribution is -2.13. The minimum absolute atomic E-state index is 0.0350. The number of carbonyl (C=O) groups excluding carboxylic acids is 1. The second kappa shape index (κ2) is 8.19. The lowest BCUT2D eigenvalue weighted by Gasteiger charge is -2.06. The van der Waals surface area contributed by atoms with Gasteiger partial charge in [-0.25, -0.2) is 4.89 Å². The minimum atomic E-state index is -4.95. The Hall–Kier alpha value is -2.29. The molecule has 2 aromatic carbocycles. The summed E-state index contributed by atoms with van der Waals surface area (Å²) in [6.07, 6.45) is -4.79. The first-order chi connectivity index (χ1) is 11.8. The molecule has 2 aromatic rings. The molecule has 0 aromatic heterocycles. The van der Waals surface area contributed by atoms with E-state index >= 15 is 0 Å². The molecule has 0 radical (unpaired) electrons. The Labute approximate surface area is 146 Å². The van der Waals surface area contributed by atoms with Crippen LogP contribution in [0, 0.1) is 0 Å². The number of halogens is 3. The normalized spacial score (nSPS) is 12.2.